The van der Waals surface area contributed by atoms with Gasteiger partial charge in [-0.1, -0.05) is 20.8 Å². The number of amides is 1. The average molecular weight is 478 g/mol. The molecule has 0 unspecified atom stereocenters. The van der Waals surface area contributed by atoms with Gasteiger partial charge >= 0.3 is 0 Å². The number of rotatable bonds is 4. The van der Waals surface area contributed by atoms with Crippen LogP contribution in [0.3, 0.4) is 0 Å². The normalized spacial score (nSPS) is 16.3. The van der Waals surface area contributed by atoms with E-state index >= 15 is 0 Å². The fourth-order valence-corrected chi connectivity index (χ4v) is 5.20. The summed E-state index contributed by atoms with van der Waals surface area (Å²) in [6.07, 6.45) is 0.629. The Morgan fingerprint density at radius 3 is 2.42 bits per heavy atom. The first-order valence-electron chi connectivity index (χ1n) is 10.6. The molecule has 1 amide bonds. The van der Waals surface area contributed by atoms with Gasteiger partial charge in [0.1, 0.15) is 5.52 Å². The topological polar surface area (TPSA) is 92.5 Å². The lowest BCUT2D eigenvalue weighted by atomic mass is 9.97. The molecule has 3 aromatic rings. The third-order valence-corrected chi connectivity index (χ3v) is 7.54. The van der Waals surface area contributed by atoms with Gasteiger partial charge in [0.15, 0.2) is 17.2 Å². The minimum Gasteiger partial charge on any atom is -0.440 e. The molecule has 1 fully saturated rings. The van der Waals surface area contributed by atoms with Crippen LogP contribution < -0.4 is 5.32 Å². The van der Waals surface area contributed by atoms with Gasteiger partial charge in [-0.05, 0) is 49.2 Å². The molecule has 0 spiro atoms. The van der Waals surface area contributed by atoms with Crippen molar-refractivity contribution in [3.05, 3.63) is 53.9 Å². The van der Waals surface area contributed by atoms with E-state index in [1.54, 1.807) is 18.2 Å². The summed E-state index contributed by atoms with van der Waals surface area (Å²) in [4.78, 5) is 17.0. The van der Waals surface area contributed by atoms with Gasteiger partial charge in [-0.2, -0.15) is 4.31 Å². The van der Waals surface area contributed by atoms with Crippen molar-refractivity contribution in [1.82, 2.24) is 9.29 Å². The molecule has 33 heavy (non-hydrogen) atoms. The van der Waals surface area contributed by atoms with Crippen LogP contribution in [-0.4, -0.2) is 36.7 Å². The molecule has 0 saturated carbocycles. The number of hydrogen-bond acceptors (Lipinski definition) is 5. The lowest BCUT2D eigenvalue weighted by Gasteiger charge is -2.30. The number of carbonyl (C=O) groups is 1. The monoisotopic (exact) mass is 477 g/mol. The zero-order valence-electron chi connectivity index (χ0n) is 18.6. The summed E-state index contributed by atoms with van der Waals surface area (Å²) >= 11 is 0. The minimum absolute atomic E-state index is 0.108. The minimum atomic E-state index is -3.97. The first-order valence-corrected chi connectivity index (χ1v) is 12.1. The van der Waals surface area contributed by atoms with Crippen LogP contribution in [0, 0.1) is 17.6 Å². The van der Waals surface area contributed by atoms with Crippen LogP contribution in [0.4, 0.5) is 14.5 Å². The number of oxazole rings is 1. The highest BCUT2D eigenvalue weighted by molar-refractivity contribution is 7.89. The Labute approximate surface area is 190 Å². The lowest BCUT2D eigenvalue weighted by molar-refractivity contribution is -0.120. The number of anilines is 1. The molecule has 2 heterocycles. The summed E-state index contributed by atoms with van der Waals surface area (Å²) in [6, 6.07) is 7.74. The fourth-order valence-electron chi connectivity index (χ4n) is 3.72. The van der Waals surface area contributed by atoms with Gasteiger partial charge in [0.2, 0.25) is 21.8 Å². The van der Waals surface area contributed by atoms with E-state index in [-0.39, 0.29) is 35.2 Å². The maximum atomic E-state index is 13.5. The van der Waals surface area contributed by atoms with E-state index in [4.69, 9.17) is 4.42 Å². The fraction of sp³-hybridized carbons (Fsp3) is 0.391. The van der Waals surface area contributed by atoms with Crippen molar-refractivity contribution in [3.63, 3.8) is 0 Å². The molecule has 1 saturated heterocycles. The molecule has 176 valence electrons. The van der Waals surface area contributed by atoms with Crippen molar-refractivity contribution in [2.75, 3.05) is 18.4 Å². The largest absolute Gasteiger partial charge is 0.440 e. The molecule has 0 atom stereocenters. The Morgan fingerprint density at radius 1 is 1.09 bits per heavy atom. The Bertz CT molecular complexity index is 1310. The molecule has 0 radical (unpaired) electrons. The smallest absolute Gasteiger partial charge is 0.243 e. The highest BCUT2D eigenvalue weighted by atomic mass is 32.2. The number of nitrogens with one attached hydrogen (secondary N) is 1. The average Bonchev–Trinajstić information content (AvgIpc) is 3.20. The van der Waals surface area contributed by atoms with Crippen LogP contribution in [0.1, 0.15) is 39.5 Å². The first kappa shape index (κ1) is 23.3. The number of halogens is 2. The van der Waals surface area contributed by atoms with E-state index in [0.717, 1.165) is 12.1 Å². The zero-order valence-corrected chi connectivity index (χ0v) is 19.4. The molecule has 1 aromatic heterocycles. The number of piperidine rings is 1. The lowest BCUT2D eigenvalue weighted by Crippen LogP contribution is -2.41. The van der Waals surface area contributed by atoms with Crippen molar-refractivity contribution < 1.29 is 26.4 Å². The molecule has 0 aliphatic carbocycles. The number of hydrogen-bond donors (Lipinski definition) is 1. The van der Waals surface area contributed by atoms with Gasteiger partial charge < -0.3 is 9.73 Å². The SMILES string of the molecule is CC(C)(C)c1nc2cc(NC(=O)C3CCN(S(=O)(=O)c4ccc(F)c(F)c4)CC3)ccc2o1. The van der Waals surface area contributed by atoms with Crippen LogP contribution in [-0.2, 0) is 20.2 Å². The van der Waals surface area contributed by atoms with Crippen molar-refractivity contribution in [3.8, 4) is 0 Å². The van der Waals surface area contributed by atoms with E-state index in [1.165, 1.54) is 4.31 Å². The van der Waals surface area contributed by atoms with Crippen LogP contribution in [0.2, 0.25) is 0 Å². The number of sulfonamides is 1. The predicted octanol–water partition coefficient (Wildman–Crippen LogP) is 4.44. The second-order valence-corrected chi connectivity index (χ2v) is 11.1. The maximum absolute atomic E-state index is 13.5. The molecule has 7 nitrogen and oxygen atoms in total. The van der Waals surface area contributed by atoms with Crippen molar-refractivity contribution in [2.45, 2.75) is 43.9 Å². The quantitative estimate of drug-likeness (QED) is 0.600. The summed E-state index contributed by atoms with van der Waals surface area (Å²) in [5.41, 5.74) is 1.62. The van der Waals surface area contributed by atoms with Gasteiger partial charge in [-0.15, -0.1) is 0 Å². The molecule has 1 aliphatic heterocycles. The third-order valence-electron chi connectivity index (χ3n) is 5.65. The van der Waals surface area contributed by atoms with E-state index in [2.05, 4.69) is 10.3 Å². The second kappa shape index (κ2) is 8.49. The number of benzene rings is 2. The van der Waals surface area contributed by atoms with Gasteiger partial charge in [-0.25, -0.2) is 22.2 Å². The van der Waals surface area contributed by atoms with Crippen LogP contribution in [0.15, 0.2) is 45.7 Å². The Balaban J connectivity index is 1.40. The summed E-state index contributed by atoms with van der Waals surface area (Å²) < 4.78 is 59.1. The van der Waals surface area contributed by atoms with Crippen molar-refractivity contribution in [1.29, 1.82) is 0 Å². The van der Waals surface area contributed by atoms with Crippen LogP contribution in [0.25, 0.3) is 11.1 Å². The molecular weight excluding hydrogens is 452 g/mol. The number of nitrogens with zero attached hydrogens (tertiary/aromatic N) is 2. The van der Waals surface area contributed by atoms with Crippen molar-refractivity contribution >= 4 is 32.7 Å². The molecule has 4 rings (SSSR count). The Kier molecular flexibility index (Phi) is 6.00. The molecule has 10 heteroatoms. The molecular formula is C23H25F2N3O4S. The van der Waals surface area contributed by atoms with E-state index in [1.807, 2.05) is 20.8 Å². The first-order chi connectivity index (χ1) is 15.4. The van der Waals surface area contributed by atoms with Gasteiger partial charge in [0.25, 0.3) is 0 Å². The predicted molar refractivity (Wildman–Crippen MR) is 119 cm³/mol. The summed E-state index contributed by atoms with van der Waals surface area (Å²) in [7, 11) is -3.97. The van der Waals surface area contributed by atoms with Gasteiger partial charge in [-0.3, -0.25) is 4.79 Å². The molecule has 0 bridgehead atoms. The zero-order chi connectivity index (χ0) is 24.0. The number of carbonyl (C=O) groups excluding carboxylic acids is 1. The third kappa shape index (κ3) is 4.77. The second-order valence-electron chi connectivity index (χ2n) is 9.20. The highest BCUT2D eigenvalue weighted by Gasteiger charge is 2.32. The van der Waals surface area contributed by atoms with Crippen LogP contribution in [0.5, 0.6) is 0 Å². The highest BCUT2D eigenvalue weighted by Crippen LogP contribution is 2.29. The van der Waals surface area contributed by atoms with Crippen LogP contribution >= 0.6 is 0 Å². The number of fused-ring (bicyclic) bond motifs is 1. The molecule has 1 N–H and O–H groups in total. The Hall–Kier alpha value is -2.85. The maximum Gasteiger partial charge on any atom is 0.243 e. The van der Waals surface area contributed by atoms with E-state index < -0.39 is 21.7 Å². The summed E-state index contributed by atoms with van der Waals surface area (Å²) in [5, 5.41) is 2.87. The van der Waals surface area contributed by atoms with Gasteiger partial charge in [0, 0.05) is 30.1 Å². The van der Waals surface area contributed by atoms with E-state index in [0.29, 0.717) is 41.6 Å². The van der Waals surface area contributed by atoms with Gasteiger partial charge in [0.05, 0.1) is 4.90 Å². The summed E-state index contributed by atoms with van der Waals surface area (Å²) in [6.45, 7) is 6.21. The molecule has 2 aromatic carbocycles. The standard InChI is InChI=1S/C23H25F2N3O4S/c1-23(2,3)22-27-19-12-15(4-7-20(19)32-22)26-21(29)14-8-10-28(11-9-14)33(30,31)16-5-6-17(24)18(25)13-16/h4-7,12-14H,8-11H2,1-3H3,(H,26,29). The number of aromatic nitrogens is 1. The van der Waals surface area contributed by atoms with E-state index in [9.17, 15) is 22.0 Å². The van der Waals surface area contributed by atoms with Crippen molar-refractivity contribution in [2.24, 2.45) is 5.92 Å². The summed E-state index contributed by atoms with van der Waals surface area (Å²) in [5.74, 6) is -2.30. The molecule has 1 aliphatic rings. The Morgan fingerprint density at radius 2 is 1.79 bits per heavy atom.